The van der Waals surface area contributed by atoms with Crippen molar-refractivity contribution in [1.82, 2.24) is 10.6 Å². The third-order valence-corrected chi connectivity index (χ3v) is 10.1. The number of hydrogen-bond donors (Lipinski definition) is 7. The summed E-state index contributed by atoms with van der Waals surface area (Å²) in [6, 6.07) is 0. The Balaban J connectivity index is 1.26. The summed E-state index contributed by atoms with van der Waals surface area (Å²) in [5, 5.41) is 36.1. The zero-order valence-electron chi connectivity index (χ0n) is 27.1. The number of rotatable bonds is 9. The lowest BCUT2D eigenvalue weighted by Gasteiger charge is -2.35. The molecule has 1 fully saturated rings. The number of benzene rings is 1. The number of amides is 1. The van der Waals surface area contributed by atoms with Crippen LogP contribution in [-0.2, 0) is 27.4 Å². The van der Waals surface area contributed by atoms with E-state index in [-0.39, 0.29) is 48.7 Å². The molecule has 5 aliphatic heterocycles. The van der Waals surface area contributed by atoms with E-state index in [2.05, 4.69) is 20.6 Å². The summed E-state index contributed by atoms with van der Waals surface area (Å²) in [6.07, 6.45) is 10.8. The molecular formula is C33H41N7O8+2. The third-order valence-electron chi connectivity index (χ3n) is 10.1. The van der Waals surface area contributed by atoms with Gasteiger partial charge in [-0.05, 0) is 50.3 Å². The summed E-state index contributed by atoms with van der Waals surface area (Å²) in [6.45, 7) is 3.92. The smallest absolute Gasteiger partial charge is 0.374 e. The highest BCUT2D eigenvalue weighted by Crippen LogP contribution is 2.54. The number of nitrogens with zero attached hydrogens (tertiary/aromatic N) is 2. The molecule has 6 aliphatic rings. The van der Waals surface area contributed by atoms with Gasteiger partial charge in [0.2, 0.25) is 17.4 Å². The molecule has 1 amide bonds. The normalized spacial score (nSPS) is 27.9. The molecule has 15 heteroatoms. The predicted octanol–water partition coefficient (Wildman–Crippen LogP) is -1.34. The minimum atomic E-state index is -1.10. The molecule has 254 valence electrons. The van der Waals surface area contributed by atoms with Crippen molar-refractivity contribution in [2.24, 2.45) is 15.9 Å². The number of fused-ring (bicyclic) bond motifs is 3. The van der Waals surface area contributed by atoms with E-state index in [9.17, 15) is 19.8 Å². The summed E-state index contributed by atoms with van der Waals surface area (Å²) in [5.74, 6) is 0.236. The number of aliphatic imine (C=N–C) groups is 2. The van der Waals surface area contributed by atoms with Crippen LogP contribution in [0.1, 0.15) is 56.2 Å². The van der Waals surface area contributed by atoms with E-state index in [1.807, 2.05) is 25.4 Å². The van der Waals surface area contributed by atoms with Gasteiger partial charge in [-0.3, -0.25) is 20.8 Å². The second kappa shape index (κ2) is 12.5. The molecule has 0 spiro atoms. The van der Waals surface area contributed by atoms with E-state index < -0.39 is 30.2 Å². The molecule has 0 bridgehead atoms. The highest BCUT2D eigenvalue weighted by molar-refractivity contribution is 6.68. The second-order valence-electron chi connectivity index (χ2n) is 12.9. The number of carbonyl (C=O) groups is 2. The van der Waals surface area contributed by atoms with Crippen molar-refractivity contribution in [2.45, 2.75) is 70.6 Å². The van der Waals surface area contributed by atoms with Crippen LogP contribution in [-0.4, -0.2) is 84.5 Å². The fourth-order valence-electron chi connectivity index (χ4n) is 7.65. The molecule has 5 atom stereocenters. The molecule has 48 heavy (non-hydrogen) atoms. The van der Waals surface area contributed by atoms with Gasteiger partial charge in [-0.15, -0.1) is 0 Å². The third kappa shape index (κ3) is 5.26. The zero-order chi connectivity index (χ0) is 33.7. The van der Waals surface area contributed by atoms with Crippen LogP contribution in [0.5, 0.6) is 17.2 Å². The van der Waals surface area contributed by atoms with E-state index in [0.29, 0.717) is 47.0 Å². The van der Waals surface area contributed by atoms with Crippen molar-refractivity contribution in [1.29, 1.82) is 5.41 Å². The molecule has 0 saturated heterocycles. The fourth-order valence-corrected chi connectivity index (χ4v) is 7.65. The Morgan fingerprint density at radius 1 is 1.29 bits per heavy atom. The monoisotopic (exact) mass is 663 g/mol. The van der Waals surface area contributed by atoms with Crippen LogP contribution in [0.25, 0.3) is 5.57 Å². The molecule has 1 aromatic carbocycles. The van der Waals surface area contributed by atoms with E-state index in [1.165, 1.54) is 0 Å². The zero-order valence-corrected chi connectivity index (χ0v) is 27.1. The van der Waals surface area contributed by atoms with Crippen LogP contribution in [0.3, 0.4) is 0 Å². The maximum Gasteiger partial charge on any atom is 0.374 e. The summed E-state index contributed by atoms with van der Waals surface area (Å²) < 4.78 is 24.0. The van der Waals surface area contributed by atoms with Gasteiger partial charge in [0.15, 0.2) is 6.67 Å². The van der Waals surface area contributed by atoms with Gasteiger partial charge in [0.25, 0.3) is 11.7 Å². The molecule has 1 aliphatic carbocycles. The first-order valence-electron chi connectivity index (χ1n) is 16.4. The van der Waals surface area contributed by atoms with Crippen LogP contribution >= 0.6 is 0 Å². The highest BCUT2D eigenvalue weighted by Gasteiger charge is 2.49. The highest BCUT2D eigenvalue weighted by atomic mass is 16.6. The Morgan fingerprint density at radius 3 is 2.81 bits per heavy atom. The Labute approximate surface area is 277 Å². The van der Waals surface area contributed by atoms with Gasteiger partial charge in [-0.25, -0.2) is 14.7 Å². The number of methoxy groups -OCH3 is 1. The van der Waals surface area contributed by atoms with E-state index in [0.717, 1.165) is 41.0 Å². The van der Waals surface area contributed by atoms with Crippen molar-refractivity contribution >= 4 is 35.0 Å². The van der Waals surface area contributed by atoms with Gasteiger partial charge in [-0.1, -0.05) is 12.8 Å². The SMILES string of the molecule is CCOC(=O)C1=C/C(=C\C[NH+]2C=CNC2[NH+]2CN=C3C(=O)NC(=N)N=C32)c2c(OC)c3c(c(CO)c2O1)O[C@H]([C@@](C)(O)C1CCCC1)C3. The minimum absolute atomic E-state index is 0.0502. The Morgan fingerprint density at radius 2 is 2.08 bits per heavy atom. The van der Waals surface area contributed by atoms with Crippen LogP contribution < -0.4 is 34.6 Å². The van der Waals surface area contributed by atoms with Crippen molar-refractivity contribution in [3.05, 3.63) is 47.0 Å². The van der Waals surface area contributed by atoms with Gasteiger partial charge in [0, 0.05) is 12.0 Å². The Kier molecular flexibility index (Phi) is 8.31. The lowest BCUT2D eigenvalue weighted by atomic mass is 9.81. The first-order chi connectivity index (χ1) is 23.2. The molecule has 5 heterocycles. The maximum absolute atomic E-state index is 13.0. The van der Waals surface area contributed by atoms with E-state index in [1.54, 1.807) is 20.1 Å². The lowest BCUT2D eigenvalue weighted by molar-refractivity contribution is -1.05. The van der Waals surface area contributed by atoms with Gasteiger partial charge >= 0.3 is 12.3 Å². The number of hydrogen-bond acceptors (Lipinski definition) is 11. The van der Waals surface area contributed by atoms with Crippen molar-refractivity contribution in [3.63, 3.8) is 0 Å². The number of aliphatic hydroxyl groups is 2. The summed E-state index contributed by atoms with van der Waals surface area (Å²) in [4.78, 5) is 35.8. The van der Waals surface area contributed by atoms with Crippen LogP contribution in [0, 0.1) is 11.3 Å². The molecule has 7 rings (SSSR count). The average molecular weight is 664 g/mol. The number of ether oxygens (including phenoxy) is 4. The van der Waals surface area contributed by atoms with Gasteiger partial charge in [0.1, 0.15) is 41.7 Å². The van der Waals surface area contributed by atoms with Gasteiger partial charge < -0.3 is 29.2 Å². The molecule has 1 saturated carbocycles. The predicted molar refractivity (Wildman–Crippen MR) is 171 cm³/mol. The number of amidine groups is 1. The largest absolute Gasteiger partial charge is 0.496 e. The van der Waals surface area contributed by atoms with Crippen molar-refractivity contribution < 1.29 is 48.5 Å². The second-order valence-corrected chi connectivity index (χ2v) is 12.9. The summed E-state index contributed by atoms with van der Waals surface area (Å²) in [5.41, 5.74) is 1.39. The molecule has 7 N–H and O–H groups in total. The molecule has 1 aromatic rings. The maximum atomic E-state index is 13.0. The number of aliphatic hydroxyl groups excluding tert-OH is 1. The van der Waals surface area contributed by atoms with E-state index in [4.69, 9.17) is 24.4 Å². The van der Waals surface area contributed by atoms with Crippen molar-refractivity contribution in [3.8, 4) is 17.2 Å². The Bertz CT molecular complexity index is 1720. The molecule has 0 radical (unpaired) electrons. The van der Waals surface area contributed by atoms with Gasteiger partial charge in [0.05, 0.1) is 37.7 Å². The standard InChI is InChI=1S/C33H39N7O8/c1-4-46-30(43)21-13-17(9-11-39-12-10-35-32(39)40-16-36-24-28(40)37-31(34)38-29(24)42)23-26(45-3)19-14-22(33(2,44)18-7-5-6-8-18)48-25(19)20(15-41)27(23)47-21/h9-10,12-13,18,22,32,35,41,44H,4-8,11,14-16H2,1-3H3,(H2,34,38,42)/p+2/b17-9+/t22-,32?,33-/m0/s1. The first kappa shape index (κ1) is 32.0. The fraction of sp³-hybridized carbons (Fsp3) is 0.485. The number of allylic oxidation sites excluding steroid dienone is 2. The molecule has 15 nitrogen and oxygen atoms in total. The molecular weight excluding hydrogens is 622 g/mol. The number of quaternary nitrogens is 2. The van der Waals surface area contributed by atoms with E-state index >= 15 is 0 Å². The number of nitrogens with one attached hydrogen (secondary N) is 5. The lowest BCUT2D eigenvalue weighted by Crippen LogP contribution is -3.36. The summed E-state index contributed by atoms with van der Waals surface area (Å²) >= 11 is 0. The number of guanidine groups is 1. The van der Waals surface area contributed by atoms with Crippen LogP contribution in [0.15, 0.2) is 40.3 Å². The van der Waals surface area contributed by atoms with Crippen LogP contribution in [0.2, 0.25) is 0 Å². The minimum Gasteiger partial charge on any atom is -0.496 e. The Hall–Kier alpha value is -4.57. The quantitative estimate of drug-likeness (QED) is 0.157. The van der Waals surface area contributed by atoms with Crippen LogP contribution in [0.4, 0.5) is 0 Å². The first-order valence-corrected chi connectivity index (χ1v) is 16.4. The molecule has 0 aromatic heterocycles. The number of esters is 1. The topological polar surface area (TPSA) is 193 Å². The number of carbonyl (C=O) groups excluding carboxylic acids is 2. The summed E-state index contributed by atoms with van der Waals surface area (Å²) in [7, 11) is 1.56. The molecule has 3 unspecified atom stereocenters. The van der Waals surface area contributed by atoms with Crippen molar-refractivity contribution in [2.75, 3.05) is 26.9 Å². The average Bonchev–Trinajstić information content (AvgIpc) is 3.89. The van der Waals surface area contributed by atoms with Gasteiger partial charge in [-0.2, -0.15) is 9.89 Å².